The number of hydrogen-bond acceptors (Lipinski definition) is 6. The maximum absolute atomic E-state index is 14.4. The Hall–Kier alpha value is -4.19. The number of ether oxygens (including phenoxy) is 2. The van der Waals surface area contributed by atoms with E-state index in [-0.39, 0.29) is 35.6 Å². The molecule has 0 saturated heterocycles. The van der Waals surface area contributed by atoms with E-state index in [0.717, 1.165) is 18.2 Å². The summed E-state index contributed by atoms with van der Waals surface area (Å²) >= 11 is 0. The molecule has 0 radical (unpaired) electrons. The normalized spacial score (nSPS) is 18.0. The number of rotatable bonds is 8. The van der Waals surface area contributed by atoms with Crippen molar-refractivity contribution >= 4 is 11.8 Å². The fraction of sp³-hybridized carbons (Fsp3) is 0.296. The topological polar surface area (TPSA) is 124 Å². The second-order valence-electron chi connectivity index (χ2n) is 9.39. The fourth-order valence-corrected chi connectivity index (χ4v) is 4.20. The van der Waals surface area contributed by atoms with E-state index in [2.05, 4.69) is 10.3 Å². The number of nitrogens with zero attached hydrogens (tertiary/aromatic N) is 1. The third-order valence-corrected chi connectivity index (χ3v) is 6.67. The minimum absolute atomic E-state index is 0.0155. The molecule has 2 atom stereocenters. The first-order valence-electron chi connectivity index (χ1n) is 11.7. The van der Waals surface area contributed by atoms with Gasteiger partial charge in [0.05, 0.1) is 25.8 Å². The molecule has 2 aromatic carbocycles. The standard InChI is InChI=1S/C27H25F4N3O5/c1-25(24(32)36)14-39-23-19(25)12-20(34-22(23)16-6-8-17(28)9-7-16)26(37,27(29,30)31)13-33-21(35)11-15-4-3-5-18(10-15)38-2/h3-10,12,37H,11,13-14H2,1-2H3,(H2,32,36)(H,33,35)/t25-,26-/m0/s1. The van der Waals surface area contributed by atoms with Crippen molar-refractivity contribution in [3.8, 4) is 22.8 Å². The number of carbonyl (C=O) groups excluding carboxylic acids is 2. The second kappa shape index (κ2) is 10.2. The third-order valence-electron chi connectivity index (χ3n) is 6.67. The van der Waals surface area contributed by atoms with Crippen LogP contribution in [-0.2, 0) is 27.0 Å². The molecule has 4 rings (SSSR count). The minimum atomic E-state index is -5.31. The number of halogens is 4. The first-order valence-corrected chi connectivity index (χ1v) is 11.7. The lowest BCUT2D eigenvalue weighted by Crippen LogP contribution is -2.52. The number of nitrogens with two attached hydrogens (primary N) is 1. The van der Waals surface area contributed by atoms with Crippen LogP contribution in [0.5, 0.6) is 11.5 Å². The van der Waals surface area contributed by atoms with Gasteiger partial charge in [0.2, 0.25) is 17.4 Å². The van der Waals surface area contributed by atoms with Crippen LogP contribution in [-0.4, -0.2) is 48.3 Å². The number of fused-ring (bicyclic) bond motifs is 1. The monoisotopic (exact) mass is 547 g/mol. The molecule has 0 aliphatic carbocycles. The van der Waals surface area contributed by atoms with Gasteiger partial charge in [0.25, 0.3) is 0 Å². The van der Waals surface area contributed by atoms with E-state index in [0.29, 0.717) is 11.3 Å². The van der Waals surface area contributed by atoms with Crippen LogP contribution in [0.2, 0.25) is 0 Å². The van der Waals surface area contributed by atoms with Crippen LogP contribution in [0.15, 0.2) is 54.6 Å². The van der Waals surface area contributed by atoms with Crippen LogP contribution >= 0.6 is 0 Å². The Balaban J connectivity index is 1.76. The van der Waals surface area contributed by atoms with Gasteiger partial charge in [0.1, 0.15) is 35.0 Å². The van der Waals surface area contributed by atoms with Crippen molar-refractivity contribution < 1.29 is 41.7 Å². The van der Waals surface area contributed by atoms with E-state index < -0.39 is 47.1 Å². The van der Waals surface area contributed by atoms with Gasteiger partial charge in [0.15, 0.2) is 0 Å². The molecule has 1 aromatic heterocycles. The number of aliphatic hydroxyl groups is 1. The molecule has 2 amide bonds. The Kier molecular flexibility index (Phi) is 7.26. The van der Waals surface area contributed by atoms with Crippen LogP contribution in [0.3, 0.4) is 0 Å². The van der Waals surface area contributed by atoms with Crippen molar-refractivity contribution in [1.82, 2.24) is 10.3 Å². The predicted octanol–water partition coefficient (Wildman–Crippen LogP) is 3.14. The number of amides is 2. The zero-order valence-electron chi connectivity index (χ0n) is 20.9. The zero-order valence-corrected chi connectivity index (χ0v) is 20.9. The van der Waals surface area contributed by atoms with Gasteiger partial charge in [-0.05, 0) is 55.0 Å². The lowest BCUT2D eigenvalue weighted by atomic mass is 9.81. The molecule has 0 saturated carbocycles. The molecule has 8 nitrogen and oxygen atoms in total. The molecule has 39 heavy (non-hydrogen) atoms. The molecule has 3 aromatic rings. The van der Waals surface area contributed by atoms with Crippen molar-refractivity contribution in [2.24, 2.45) is 5.73 Å². The van der Waals surface area contributed by atoms with E-state index in [9.17, 15) is 32.3 Å². The van der Waals surface area contributed by atoms with E-state index in [1.165, 1.54) is 26.2 Å². The summed E-state index contributed by atoms with van der Waals surface area (Å²) in [4.78, 5) is 28.9. The number of benzene rings is 2. The fourth-order valence-electron chi connectivity index (χ4n) is 4.20. The van der Waals surface area contributed by atoms with Crippen LogP contribution < -0.4 is 20.5 Å². The smallest absolute Gasteiger partial charge is 0.424 e. The molecule has 206 valence electrons. The number of aromatic nitrogens is 1. The Labute approximate surface area is 220 Å². The Morgan fingerprint density at radius 3 is 2.49 bits per heavy atom. The predicted molar refractivity (Wildman–Crippen MR) is 131 cm³/mol. The summed E-state index contributed by atoms with van der Waals surface area (Å²) in [6.07, 6.45) is -5.59. The van der Waals surface area contributed by atoms with Gasteiger partial charge in [-0.2, -0.15) is 13.2 Å². The quantitative estimate of drug-likeness (QED) is 0.373. The summed E-state index contributed by atoms with van der Waals surface area (Å²) in [6.45, 7) is -0.164. The maximum Gasteiger partial charge on any atom is 0.424 e. The van der Waals surface area contributed by atoms with Gasteiger partial charge in [-0.25, -0.2) is 9.37 Å². The second-order valence-corrected chi connectivity index (χ2v) is 9.39. The van der Waals surface area contributed by atoms with Gasteiger partial charge in [-0.3, -0.25) is 9.59 Å². The molecular formula is C27H25F4N3O5. The Bertz CT molecular complexity index is 1410. The van der Waals surface area contributed by atoms with Crippen molar-refractivity contribution in [1.29, 1.82) is 0 Å². The van der Waals surface area contributed by atoms with Gasteiger partial charge < -0.3 is 25.6 Å². The number of hydrogen-bond donors (Lipinski definition) is 3. The summed E-state index contributed by atoms with van der Waals surface area (Å²) in [5, 5.41) is 13.2. The highest BCUT2D eigenvalue weighted by Gasteiger charge is 2.57. The summed E-state index contributed by atoms with van der Waals surface area (Å²) < 4.78 is 67.5. The molecule has 1 aliphatic rings. The number of nitrogens with one attached hydrogen (secondary N) is 1. The lowest BCUT2D eigenvalue weighted by Gasteiger charge is -2.31. The summed E-state index contributed by atoms with van der Waals surface area (Å²) in [5.41, 5.74) is -0.0695. The third kappa shape index (κ3) is 5.24. The molecule has 0 spiro atoms. The number of alkyl halides is 3. The molecular weight excluding hydrogens is 522 g/mol. The van der Waals surface area contributed by atoms with Crippen LogP contribution in [0.1, 0.15) is 23.7 Å². The highest BCUT2D eigenvalue weighted by molar-refractivity contribution is 5.90. The van der Waals surface area contributed by atoms with Crippen LogP contribution in [0.25, 0.3) is 11.3 Å². The maximum atomic E-state index is 14.4. The van der Waals surface area contributed by atoms with Gasteiger partial charge in [-0.1, -0.05) is 12.1 Å². The number of methoxy groups -OCH3 is 1. The molecule has 12 heteroatoms. The lowest BCUT2D eigenvalue weighted by molar-refractivity contribution is -0.265. The summed E-state index contributed by atoms with van der Waals surface area (Å²) in [7, 11) is 1.43. The minimum Gasteiger partial charge on any atom is -0.497 e. The Morgan fingerprint density at radius 1 is 1.18 bits per heavy atom. The van der Waals surface area contributed by atoms with E-state index in [1.807, 2.05) is 0 Å². The van der Waals surface area contributed by atoms with Crippen LogP contribution in [0.4, 0.5) is 17.6 Å². The zero-order chi connectivity index (χ0) is 28.6. The van der Waals surface area contributed by atoms with Crippen LogP contribution in [0, 0.1) is 5.82 Å². The average Bonchev–Trinajstić information content (AvgIpc) is 3.24. The number of primary amides is 1. The highest BCUT2D eigenvalue weighted by Crippen LogP contribution is 2.47. The molecule has 0 unspecified atom stereocenters. The summed E-state index contributed by atoms with van der Waals surface area (Å²) in [6, 6.07) is 12.0. The van der Waals surface area contributed by atoms with Gasteiger partial charge >= 0.3 is 6.18 Å². The van der Waals surface area contributed by atoms with E-state index in [1.54, 1.807) is 24.3 Å². The van der Waals surface area contributed by atoms with Gasteiger partial charge in [-0.15, -0.1) is 0 Å². The molecule has 4 N–H and O–H groups in total. The summed E-state index contributed by atoms with van der Waals surface area (Å²) in [5.74, 6) is -1.82. The largest absolute Gasteiger partial charge is 0.497 e. The molecule has 1 aliphatic heterocycles. The van der Waals surface area contributed by atoms with Crippen molar-refractivity contribution in [3.05, 3.63) is 77.2 Å². The molecule has 0 bridgehead atoms. The van der Waals surface area contributed by atoms with Crippen molar-refractivity contribution in [2.45, 2.75) is 30.5 Å². The first kappa shape index (κ1) is 27.8. The van der Waals surface area contributed by atoms with Crippen molar-refractivity contribution in [2.75, 3.05) is 20.3 Å². The molecule has 0 fully saturated rings. The van der Waals surface area contributed by atoms with Gasteiger partial charge in [0, 0.05) is 11.1 Å². The highest BCUT2D eigenvalue weighted by atomic mass is 19.4. The number of pyridine rings is 1. The first-order chi connectivity index (χ1) is 18.3. The Morgan fingerprint density at radius 2 is 1.87 bits per heavy atom. The van der Waals surface area contributed by atoms with E-state index >= 15 is 0 Å². The SMILES string of the molecule is COc1cccc(CC(=O)NC[C@](O)(c2cc3c(c(-c4ccc(F)cc4)n2)OC[C@]3(C)C(N)=O)C(F)(F)F)c1. The van der Waals surface area contributed by atoms with Crippen molar-refractivity contribution in [3.63, 3.8) is 0 Å². The number of carbonyl (C=O) groups is 2. The molecule has 2 heterocycles. The average molecular weight is 548 g/mol. The van der Waals surface area contributed by atoms with E-state index in [4.69, 9.17) is 15.2 Å².